The van der Waals surface area contributed by atoms with Crippen molar-refractivity contribution in [1.29, 1.82) is 0 Å². The summed E-state index contributed by atoms with van der Waals surface area (Å²) in [5, 5.41) is 1.51. The third-order valence-electron chi connectivity index (χ3n) is 2.95. The molecule has 0 heterocycles. The van der Waals surface area contributed by atoms with Crippen molar-refractivity contribution in [2.75, 3.05) is 7.05 Å². The fourth-order valence-electron chi connectivity index (χ4n) is 1.87. The van der Waals surface area contributed by atoms with Gasteiger partial charge in [-0.3, -0.25) is 4.79 Å². The van der Waals surface area contributed by atoms with Crippen LogP contribution in [0.5, 0.6) is 0 Å². The molecular formula is C15H11BrCl3NO. The molecule has 2 nitrogen and oxygen atoms in total. The second-order valence-corrected chi connectivity index (χ2v) is 6.57. The average Bonchev–Trinajstić information content (AvgIpc) is 2.43. The largest absolute Gasteiger partial charge is 0.337 e. The van der Waals surface area contributed by atoms with Gasteiger partial charge in [0.05, 0.1) is 15.6 Å². The molecule has 0 bridgehead atoms. The average molecular weight is 408 g/mol. The summed E-state index contributed by atoms with van der Waals surface area (Å²) < 4.78 is 0.657. The Morgan fingerprint density at radius 2 is 1.90 bits per heavy atom. The van der Waals surface area contributed by atoms with Crippen molar-refractivity contribution in [2.24, 2.45) is 0 Å². The second-order valence-electron chi connectivity index (χ2n) is 4.50. The Bertz CT molecular complexity index is 691. The van der Waals surface area contributed by atoms with Gasteiger partial charge in [0.1, 0.15) is 0 Å². The van der Waals surface area contributed by atoms with Gasteiger partial charge in [-0.25, -0.2) is 0 Å². The third-order valence-corrected chi connectivity index (χ3v) is 4.70. The maximum Gasteiger partial charge on any atom is 0.255 e. The van der Waals surface area contributed by atoms with Crippen LogP contribution in [0.3, 0.4) is 0 Å². The Balaban J connectivity index is 2.21. The summed E-state index contributed by atoms with van der Waals surface area (Å²) in [5.41, 5.74) is 1.34. The van der Waals surface area contributed by atoms with E-state index in [0.717, 1.165) is 5.56 Å². The van der Waals surface area contributed by atoms with E-state index in [1.165, 1.54) is 0 Å². The molecule has 0 saturated carbocycles. The van der Waals surface area contributed by atoms with Crippen molar-refractivity contribution in [3.63, 3.8) is 0 Å². The molecule has 0 unspecified atom stereocenters. The molecule has 0 fully saturated rings. The van der Waals surface area contributed by atoms with Gasteiger partial charge in [-0.15, -0.1) is 0 Å². The third kappa shape index (κ3) is 3.92. The summed E-state index contributed by atoms with van der Waals surface area (Å²) in [6.45, 7) is 0.368. The summed E-state index contributed by atoms with van der Waals surface area (Å²) >= 11 is 21.4. The molecule has 110 valence electrons. The van der Waals surface area contributed by atoms with Crippen molar-refractivity contribution in [2.45, 2.75) is 6.54 Å². The fraction of sp³-hybridized carbons (Fsp3) is 0.133. The molecule has 1 amide bonds. The Morgan fingerprint density at radius 1 is 1.19 bits per heavy atom. The van der Waals surface area contributed by atoms with Crippen LogP contribution in [-0.4, -0.2) is 17.9 Å². The first-order chi connectivity index (χ1) is 9.90. The van der Waals surface area contributed by atoms with Crippen molar-refractivity contribution >= 4 is 56.6 Å². The molecule has 0 N–H and O–H groups in total. The summed E-state index contributed by atoms with van der Waals surface area (Å²) in [4.78, 5) is 14.0. The molecule has 0 aliphatic carbocycles. The Kier molecular flexibility index (Phi) is 5.55. The number of nitrogens with zero attached hydrogens (tertiary/aromatic N) is 1. The minimum Gasteiger partial charge on any atom is -0.337 e. The van der Waals surface area contributed by atoms with E-state index in [9.17, 15) is 4.79 Å². The van der Waals surface area contributed by atoms with Gasteiger partial charge in [0.15, 0.2) is 0 Å². The topological polar surface area (TPSA) is 20.3 Å². The first-order valence-electron chi connectivity index (χ1n) is 6.03. The van der Waals surface area contributed by atoms with Gasteiger partial charge in [-0.2, -0.15) is 0 Å². The Morgan fingerprint density at radius 3 is 2.57 bits per heavy atom. The number of benzene rings is 2. The van der Waals surface area contributed by atoms with Gasteiger partial charge in [0.2, 0.25) is 0 Å². The van der Waals surface area contributed by atoms with E-state index in [-0.39, 0.29) is 5.91 Å². The number of rotatable bonds is 3. The molecule has 0 aliphatic rings. The summed E-state index contributed by atoms with van der Waals surface area (Å²) in [5.74, 6) is -0.130. The molecule has 2 aromatic carbocycles. The maximum atomic E-state index is 12.5. The number of halogens is 4. The van der Waals surface area contributed by atoms with E-state index in [1.54, 1.807) is 42.3 Å². The highest BCUT2D eigenvalue weighted by atomic mass is 79.9. The minimum atomic E-state index is -0.130. The van der Waals surface area contributed by atoms with Gasteiger partial charge < -0.3 is 4.90 Å². The van der Waals surface area contributed by atoms with E-state index in [1.807, 2.05) is 6.07 Å². The van der Waals surface area contributed by atoms with Crippen molar-refractivity contribution in [3.8, 4) is 0 Å². The van der Waals surface area contributed by atoms with Crippen LogP contribution in [0.1, 0.15) is 15.9 Å². The summed E-state index contributed by atoms with van der Waals surface area (Å²) in [6, 6.07) is 10.4. The van der Waals surface area contributed by atoms with Crippen molar-refractivity contribution in [3.05, 3.63) is 67.1 Å². The van der Waals surface area contributed by atoms with Crippen LogP contribution in [0.4, 0.5) is 0 Å². The maximum absolute atomic E-state index is 12.5. The van der Waals surface area contributed by atoms with Crippen LogP contribution < -0.4 is 0 Å². The zero-order valence-electron chi connectivity index (χ0n) is 11.0. The van der Waals surface area contributed by atoms with E-state index >= 15 is 0 Å². The summed E-state index contributed by atoms with van der Waals surface area (Å²) in [6.07, 6.45) is 0. The molecule has 0 aromatic heterocycles. The van der Waals surface area contributed by atoms with Crippen LogP contribution in [-0.2, 0) is 6.54 Å². The lowest BCUT2D eigenvalue weighted by Crippen LogP contribution is -2.26. The molecule has 2 aromatic rings. The lowest BCUT2D eigenvalue weighted by atomic mass is 10.1. The lowest BCUT2D eigenvalue weighted by Gasteiger charge is -2.19. The zero-order chi connectivity index (χ0) is 15.6. The number of carbonyl (C=O) groups excluding carboxylic acids is 1. The lowest BCUT2D eigenvalue weighted by molar-refractivity contribution is 0.0784. The van der Waals surface area contributed by atoms with Gasteiger partial charge >= 0.3 is 0 Å². The van der Waals surface area contributed by atoms with Gasteiger partial charge in [0, 0.05) is 23.1 Å². The molecular weight excluding hydrogens is 396 g/mol. The van der Waals surface area contributed by atoms with Crippen LogP contribution in [0.15, 0.2) is 40.9 Å². The number of carbonyl (C=O) groups is 1. The van der Waals surface area contributed by atoms with Gasteiger partial charge in [-0.05, 0) is 45.8 Å². The highest BCUT2D eigenvalue weighted by molar-refractivity contribution is 9.10. The quantitative estimate of drug-likeness (QED) is 0.641. The first kappa shape index (κ1) is 16.6. The normalized spacial score (nSPS) is 10.5. The highest BCUT2D eigenvalue weighted by Gasteiger charge is 2.16. The van der Waals surface area contributed by atoms with Gasteiger partial charge in [-0.1, -0.05) is 46.9 Å². The molecule has 0 atom stereocenters. The van der Waals surface area contributed by atoms with E-state index in [4.69, 9.17) is 34.8 Å². The zero-order valence-corrected chi connectivity index (χ0v) is 14.9. The number of hydrogen-bond acceptors (Lipinski definition) is 1. The minimum absolute atomic E-state index is 0.130. The van der Waals surface area contributed by atoms with Crippen molar-refractivity contribution < 1.29 is 4.79 Å². The van der Waals surface area contributed by atoms with E-state index in [0.29, 0.717) is 31.6 Å². The van der Waals surface area contributed by atoms with Crippen molar-refractivity contribution in [1.82, 2.24) is 4.90 Å². The first-order valence-corrected chi connectivity index (χ1v) is 7.96. The van der Waals surface area contributed by atoms with E-state index < -0.39 is 0 Å². The molecule has 0 saturated heterocycles. The van der Waals surface area contributed by atoms with Crippen LogP contribution in [0, 0.1) is 0 Å². The standard InChI is InChI=1S/C15H11BrCl3NO/c1-20(8-9-3-2-4-13(18)14(9)19)15(21)11-6-5-10(17)7-12(11)16/h2-7H,8H2,1H3. The molecule has 0 spiro atoms. The Labute approximate surface area is 146 Å². The number of amides is 1. The predicted molar refractivity (Wildman–Crippen MR) is 91.4 cm³/mol. The molecule has 0 radical (unpaired) electrons. The Hall–Kier alpha value is -0.740. The molecule has 2 rings (SSSR count). The van der Waals surface area contributed by atoms with E-state index in [2.05, 4.69) is 15.9 Å². The molecule has 0 aliphatic heterocycles. The predicted octanol–water partition coefficient (Wildman–Crippen LogP) is 5.68. The van der Waals surface area contributed by atoms with Crippen LogP contribution in [0.25, 0.3) is 0 Å². The monoisotopic (exact) mass is 405 g/mol. The highest BCUT2D eigenvalue weighted by Crippen LogP contribution is 2.27. The summed E-state index contributed by atoms with van der Waals surface area (Å²) in [7, 11) is 1.71. The SMILES string of the molecule is CN(Cc1cccc(Cl)c1Cl)C(=O)c1ccc(Cl)cc1Br. The van der Waals surface area contributed by atoms with Crippen LogP contribution in [0.2, 0.25) is 15.1 Å². The fourth-order valence-corrected chi connectivity index (χ4v) is 3.10. The second kappa shape index (κ2) is 7.01. The smallest absolute Gasteiger partial charge is 0.255 e. The van der Waals surface area contributed by atoms with Gasteiger partial charge in [0.25, 0.3) is 5.91 Å². The number of hydrogen-bond donors (Lipinski definition) is 0. The van der Waals surface area contributed by atoms with Crippen LogP contribution >= 0.6 is 50.7 Å². The molecule has 21 heavy (non-hydrogen) atoms. The molecule has 6 heteroatoms.